The molecule has 4 heterocycles. The van der Waals surface area contributed by atoms with Gasteiger partial charge in [0.1, 0.15) is 10.8 Å². The highest BCUT2D eigenvalue weighted by Crippen LogP contribution is 2.39. The minimum atomic E-state index is -0.810. The van der Waals surface area contributed by atoms with Gasteiger partial charge >= 0.3 is 0 Å². The quantitative estimate of drug-likeness (QED) is 0.703. The van der Waals surface area contributed by atoms with Gasteiger partial charge in [-0.2, -0.15) is 0 Å². The number of carbonyl (C=O) groups excluding carboxylic acids is 1. The van der Waals surface area contributed by atoms with Crippen molar-refractivity contribution in [1.29, 1.82) is 0 Å². The zero-order chi connectivity index (χ0) is 17.9. The Labute approximate surface area is 166 Å². The van der Waals surface area contributed by atoms with Crippen LogP contribution in [0.5, 0.6) is 0 Å². The molecular weight excluding hydrogens is 401 g/mol. The first-order chi connectivity index (χ1) is 11.8. The Morgan fingerprint density at radius 2 is 1.96 bits per heavy atom. The van der Waals surface area contributed by atoms with E-state index in [-0.39, 0.29) is 34.6 Å². The van der Waals surface area contributed by atoms with Gasteiger partial charge in [0.2, 0.25) is 0 Å². The van der Waals surface area contributed by atoms with Crippen LogP contribution in [0.4, 0.5) is 8.78 Å². The molecule has 2 bridgehead atoms. The number of thiophene rings is 1. The van der Waals surface area contributed by atoms with Crippen LogP contribution in [-0.2, 0) is 0 Å². The molecule has 0 aliphatic carbocycles. The lowest BCUT2D eigenvalue weighted by molar-refractivity contribution is -0.0377. The molecule has 0 saturated carbocycles. The van der Waals surface area contributed by atoms with E-state index in [1.165, 1.54) is 12.1 Å². The van der Waals surface area contributed by atoms with Crippen LogP contribution in [0.3, 0.4) is 0 Å². The van der Waals surface area contributed by atoms with E-state index in [0.29, 0.717) is 16.2 Å². The third-order valence-corrected chi connectivity index (χ3v) is 7.23. The standard InChI is InChI=1S/C18H19ClF2N2OS.ClH/c1-18(2)16(9-3-5-23(18)6-4-9)22-17(24)12-8-10-7-11(20)13(19)14(21)15(10)25-12;/h7-9,16H,3-6H2,1-2H3,(H,22,24);1H/t16-;/m1./s1. The molecule has 1 amide bonds. The van der Waals surface area contributed by atoms with Gasteiger partial charge in [-0.25, -0.2) is 8.78 Å². The predicted octanol–water partition coefficient (Wildman–Crippen LogP) is 4.86. The Bertz CT molecular complexity index is 862. The summed E-state index contributed by atoms with van der Waals surface area (Å²) in [6, 6.07) is 2.76. The third-order valence-electron chi connectivity index (χ3n) is 5.74. The van der Waals surface area contributed by atoms with E-state index in [1.54, 1.807) is 0 Å². The summed E-state index contributed by atoms with van der Waals surface area (Å²) in [5, 5.41) is 2.98. The average molecular weight is 421 g/mol. The second kappa shape index (κ2) is 6.89. The molecule has 1 aromatic carbocycles. The lowest BCUT2D eigenvalue weighted by Crippen LogP contribution is -2.69. The lowest BCUT2D eigenvalue weighted by Gasteiger charge is -2.56. The van der Waals surface area contributed by atoms with Gasteiger partial charge < -0.3 is 5.32 Å². The Morgan fingerprint density at radius 3 is 2.58 bits per heavy atom. The van der Waals surface area contributed by atoms with Crippen molar-refractivity contribution in [2.75, 3.05) is 13.1 Å². The van der Waals surface area contributed by atoms with Gasteiger partial charge in [-0.1, -0.05) is 11.6 Å². The van der Waals surface area contributed by atoms with E-state index in [2.05, 4.69) is 24.1 Å². The van der Waals surface area contributed by atoms with Crippen LogP contribution in [0.15, 0.2) is 12.1 Å². The molecule has 5 rings (SSSR count). The summed E-state index contributed by atoms with van der Waals surface area (Å²) in [7, 11) is 0. The van der Waals surface area contributed by atoms with Crippen molar-refractivity contribution in [3.8, 4) is 0 Å². The summed E-state index contributed by atoms with van der Waals surface area (Å²) in [4.78, 5) is 15.6. The molecule has 1 atom stereocenters. The smallest absolute Gasteiger partial charge is 0.261 e. The normalized spacial score (nSPS) is 26.6. The summed E-state index contributed by atoms with van der Waals surface area (Å²) in [6.45, 7) is 6.44. The topological polar surface area (TPSA) is 32.3 Å². The number of nitrogens with zero attached hydrogens (tertiary/aromatic N) is 1. The number of fused-ring (bicyclic) bond motifs is 4. The lowest BCUT2D eigenvalue weighted by atomic mass is 9.72. The Kier molecular flexibility index (Phi) is 5.25. The van der Waals surface area contributed by atoms with Crippen molar-refractivity contribution in [2.24, 2.45) is 5.92 Å². The fourth-order valence-corrected chi connectivity index (χ4v) is 5.48. The van der Waals surface area contributed by atoms with Crippen LogP contribution < -0.4 is 5.32 Å². The molecule has 8 heteroatoms. The maximum Gasteiger partial charge on any atom is 0.261 e. The van der Waals surface area contributed by atoms with Gasteiger partial charge in [0.05, 0.1) is 9.58 Å². The molecular formula is C18H20Cl2F2N2OS. The predicted molar refractivity (Wildman–Crippen MR) is 104 cm³/mol. The van der Waals surface area contributed by atoms with Crippen LogP contribution in [-0.4, -0.2) is 35.5 Å². The zero-order valence-corrected chi connectivity index (χ0v) is 16.8. The van der Waals surface area contributed by atoms with Gasteiger partial charge in [-0.15, -0.1) is 23.7 Å². The van der Waals surface area contributed by atoms with Gasteiger partial charge in [-0.3, -0.25) is 9.69 Å². The average Bonchev–Trinajstić information content (AvgIpc) is 3.00. The first kappa shape index (κ1) is 19.8. The SMILES string of the molecule is CC1(C)[C@H](NC(=O)c2cc3cc(F)c(Cl)c(F)c3s2)C2CCN1CC2.Cl. The van der Waals surface area contributed by atoms with Crippen molar-refractivity contribution < 1.29 is 13.6 Å². The third kappa shape index (κ3) is 3.01. The number of hydrogen-bond acceptors (Lipinski definition) is 3. The van der Waals surface area contributed by atoms with E-state index in [0.717, 1.165) is 37.3 Å². The molecule has 0 spiro atoms. The van der Waals surface area contributed by atoms with Crippen molar-refractivity contribution in [3.05, 3.63) is 33.7 Å². The number of amides is 1. The molecule has 3 aliphatic rings. The van der Waals surface area contributed by atoms with E-state index >= 15 is 0 Å². The van der Waals surface area contributed by atoms with Gasteiger partial charge in [0.25, 0.3) is 5.91 Å². The molecule has 1 N–H and O–H groups in total. The molecule has 3 saturated heterocycles. The van der Waals surface area contributed by atoms with Crippen LogP contribution in [0.25, 0.3) is 10.1 Å². The maximum atomic E-state index is 14.1. The largest absolute Gasteiger partial charge is 0.346 e. The van der Waals surface area contributed by atoms with Crippen molar-refractivity contribution in [2.45, 2.75) is 38.3 Å². The Morgan fingerprint density at radius 1 is 1.31 bits per heavy atom. The van der Waals surface area contributed by atoms with Crippen molar-refractivity contribution in [1.82, 2.24) is 10.2 Å². The second-order valence-electron chi connectivity index (χ2n) is 7.44. The van der Waals surface area contributed by atoms with Crippen molar-refractivity contribution >= 4 is 51.3 Å². The van der Waals surface area contributed by atoms with Gasteiger partial charge in [0.15, 0.2) is 5.82 Å². The minimum absolute atomic E-state index is 0. The Hall–Kier alpha value is -0.950. The first-order valence-corrected chi connectivity index (χ1v) is 9.61. The van der Waals surface area contributed by atoms with Crippen LogP contribution in [0.1, 0.15) is 36.4 Å². The highest BCUT2D eigenvalue weighted by Gasteiger charge is 2.48. The summed E-state index contributed by atoms with van der Waals surface area (Å²) in [5.41, 5.74) is -0.103. The maximum absolute atomic E-state index is 14.1. The molecule has 3 nitrogen and oxygen atoms in total. The number of piperidine rings is 3. The van der Waals surface area contributed by atoms with Gasteiger partial charge in [-0.05, 0) is 63.2 Å². The van der Waals surface area contributed by atoms with Crippen LogP contribution >= 0.6 is 35.3 Å². The molecule has 1 aromatic heterocycles. The van der Waals surface area contributed by atoms with E-state index in [1.807, 2.05) is 0 Å². The number of halogens is 4. The summed E-state index contributed by atoms with van der Waals surface area (Å²) < 4.78 is 28.0. The highest BCUT2D eigenvalue weighted by atomic mass is 35.5. The highest BCUT2D eigenvalue weighted by molar-refractivity contribution is 7.20. The van der Waals surface area contributed by atoms with E-state index < -0.39 is 16.7 Å². The molecule has 0 unspecified atom stereocenters. The van der Waals surface area contributed by atoms with Gasteiger partial charge in [0, 0.05) is 11.6 Å². The number of nitrogens with one attached hydrogen (secondary N) is 1. The minimum Gasteiger partial charge on any atom is -0.346 e. The summed E-state index contributed by atoms with van der Waals surface area (Å²) in [6.07, 6.45) is 2.16. The number of rotatable bonds is 2. The number of benzene rings is 1. The fourth-order valence-electron chi connectivity index (χ4n) is 4.29. The summed E-state index contributed by atoms with van der Waals surface area (Å²) >= 11 is 6.64. The number of hydrogen-bond donors (Lipinski definition) is 1. The molecule has 3 aliphatic heterocycles. The second-order valence-corrected chi connectivity index (χ2v) is 8.87. The molecule has 2 aromatic rings. The Balaban J connectivity index is 0.00000196. The molecule has 26 heavy (non-hydrogen) atoms. The first-order valence-electron chi connectivity index (χ1n) is 8.42. The monoisotopic (exact) mass is 420 g/mol. The number of carbonyl (C=O) groups is 1. The summed E-state index contributed by atoms with van der Waals surface area (Å²) in [5.74, 6) is -1.38. The van der Waals surface area contributed by atoms with E-state index in [9.17, 15) is 13.6 Å². The van der Waals surface area contributed by atoms with Crippen molar-refractivity contribution in [3.63, 3.8) is 0 Å². The molecule has 142 valence electrons. The van der Waals surface area contributed by atoms with E-state index in [4.69, 9.17) is 11.6 Å². The van der Waals surface area contributed by atoms with Crippen LogP contribution in [0, 0.1) is 17.6 Å². The molecule has 0 radical (unpaired) electrons. The fraction of sp³-hybridized carbons (Fsp3) is 0.500. The zero-order valence-electron chi connectivity index (χ0n) is 14.4. The molecule has 3 fully saturated rings. The van der Waals surface area contributed by atoms with Crippen LogP contribution in [0.2, 0.25) is 5.02 Å².